The molecule has 4 nitrogen and oxygen atoms in total. The Morgan fingerprint density at radius 2 is 1.96 bits per heavy atom. The van der Waals surface area contributed by atoms with Crippen LogP contribution in [0, 0.1) is 13.8 Å². The number of amides is 1. The number of methoxy groups -OCH3 is 1. The number of nitrogens with one attached hydrogen (secondary N) is 1. The van der Waals surface area contributed by atoms with Gasteiger partial charge < -0.3 is 14.6 Å². The van der Waals surface area contributed by atoms with Crippen molar-refractivity contribution in [1.29, 1.82) is 0 Å². The standard InChI is InChI=1S/C22H25ClN2O2/c1-5-6-11-25-19-10-8-7-9-16(19)15(3)21(25)22(26)24-18-12-14(2)17(23)13-20(18)27-4/h7-10,12-13H,5-6,11H2,1-4H3,(H,24,26). The van der Waals surface area contributed by atoms with E-state index in [0.29, 0.717) is 22.2 Å². The van der Waals surface area contributed by atoms with Crippen LogP contribution in [0.4, 0.5) is 5.69 Å². The van der Waals surface area contributed by atoms with Crippen molar-refractivity contribution in [3.8, 4) is 5.75 Å². The molecule has 0 aliphatic rings. The number of benzene rings is 2. The minimum Gasteiger partial charge on any atom is -0.495 e. The van der Waals surface area contributed by atoms with Crippen molar-refractivity contribution in [2.75, 3.05) is 12.4 Å². The summed E-state index contributed by atoms with van der Waals surface area (Å²) in [6, 6.07) is 11.7. The summed E-state index contributed by atoms with van der Waals surface area (Å²) in [5.74, 6) is 0.410. The van der Waals surface area contributed by atoms with Gasteiger partial charge in [0.05, 0.1) is 12.8 Å². The number of hydrogen-bond donors (Lipinski definition) is 1. The highest BCUT2D eigenvalue weighted by atomic mass is 35.5. The van der Waals surface area contributed by atoms with Crippen LogP contribution in [0.25, 0.3) is 10.9 Å². The molecule has 0 fully saturated rings. The lowest BCUT2D eigenvalue weighted by Gasteiger charge is -2.14. The van der Waals surface area contributed by atoms with Gasteiger partial charge in [0.15, 0.2) is 0 Å². The number of fused-ring (bicyclic) bond motifs is 1. The molecule has 1 N–H and O–H groups in total. The Bertz CT molecular complexity index is 992. The van der Waals surface area contributed by atoms with Crippen molar-refractivity contribution >= 4 is 34.1 Å². The molecule has 1 aromatic heterocycles. The van der Waals surface area contributed by atoms with E-state index in [2.05, 4.69) is 28.9 Å². The van der Waals surface area contributed by atoms with E-state index in [1.54, 1.807) is 13.2 Å². The van der Waals surface area contributed by atoms with Gasteiger partial charge >= 0.3 is 0 Å². The van der Waals surface area contributed by atoms with E-state index in [4.69, 9.17) is 16.3 Å². The first kappa shape index (κ1) is 19.3. The summed E-state index contributed by atoms with van der Waals surface area (Å²) < 4.78 is 7.52. The number of unbranched alkanes of at least 4 members (excludes halogenated alkanes) is 1. The smallest absolute Gasteiger partial charge is 0.272 e. The van der Waals surface area contributed by atoms with Gasteiger partial charge in [-0.15, -0.1) is 0 Å². The zero-order chi connectivity index (χ0) is 19.6. The number of rotatable bonds is 6. The van der Waals surface area contributed by atoms with Crippen molar-refractivity contribution in [1.82, 2.24) is 4.57 Å². The highest BCUT2D eigenvalue weighted by molar-refractivity contribution is 6.31. The maximum absolute atomic E-state index is 13.2. The van der Waals surface area contributed by atoms with E-state index >= 15 is 0 Å². The number of carbonyl (C=O) groups excluding carboxylic acids is 1. The zero-order valence-corrected chi connectivity index (χ0v) is 17.0. The van der Waals surface area contributed by atoms with E-state index < -0.39 is 0 Å². The van der Waals surface area contributed by atoms with Crippen LogP contribution in [-0.4, -0.2) is 17.6 Å². The normalized spacial score (nSPS) is 11.0. The SMILES string of the molecule is CCCCn1c(C(=O)Nc2cc(C)c(Cl)cc2OC)c(C)c2ccccc21. The Balaban J connectivity index is 2.06. The van der Waals surface area contributed by atoms with E-state index in [1.807, 2.05) is 32.0 Å². The number of aryl methyl sites for hydroxylation is 3. The van der Waals surface area contributed by atoms with Crippen molar-refractivity contribution in [3.05, 3.63) is 58.2 Å². The number of carbonyl (C=O) groups is 1. The summed E-state index contributed by atoms with van der Waals surface area (Å²) in [6.45, 7) is 6.87. The molecule has 0 spiro atoms. The fourth-order valence-corrected chi connectivity index (χ4v) is 3.58. The molecule has 27 heavy (non-hydrogen) atoms. The van der Waals surface area contributed by atoms with Crippen LogP contribution < -0.4 is 10.1 Å². The minimum absolute atomic E-state index is 0.139. The number of para-hydroxylation sites is 1. The maximum Gasteiger partial charge on any atom is 0.272 e. The molecule has 0 atom stereocenters. The topological polar surface area (TPSA) is 43.3 Å². The van der Waals surface area contributed by atoms with Gasteiger partial charge in [0.1, 0.15) is 11.4 Å². The zero-order valence-electron chi connectivity index (χ0n) is 16.2. The fraction of sp³-hybridized carbons (Fsp3) is 0.318. The Labute approximate surface area is 165 Å². The Hall–Kier alpha value is -2.46. The third kappa shape index (κ3) is 3.67. The predicted octanol–water partition coefficient (Wildman–Crippen LogP) is 5.97. The molecule has 3 rings (SSSR count). The molecule has 3 aromatic rings. The van der Waals surface area contributed by atoms with Crippen LogP contribution in [0.2, 0.25) is 5.02 Å². The van der Waals surface area contributed by atoms with Crippen LogP contribution in [0.15, 0.2) is 36.4 Å². The molecule has 0 bridgehead atoms. The largest absolute Gasteiger partial charge is 0.495 e. The van der Waals surface area contributed by atoms with Crippen LogP contribution >= 0.6 is 11.6 Å². The minimum atomic E-state index is -0.139. The van der Waals surface area contributed by atoms with Crippen LogP contribution in [0.3, 0.4) is 0 Å². The van der Waals surface area contributed by atoms with Gasteiger partial charge in [0.2, 0.25) is 0 Å². The van der Waals surface area contributed by atoms with Crippen molar-refractivity contribution < 1.29 is 9.53 Å². The highest BCUT2D eigenvalue weighted by Gasteiger charge is 2.21. The lowest BCUT2D eigenvalue weighted by molar-refractivity contribution is 0.101. The Morgan fingerprint density at radius 3 is 2.67 bits per heavy atom. The molecule has 1 heterocycles. The number of aromatic nitrogens is 1. The number of anilines is 1. The number of ether oxygens (including phenoxy) is 1. The Kier molecular flexibility index (Phi) is 5.76. The number of hydrogen-bond acceptors (Lipinski definition) is 2. The van der Waals surface area contributed by atoms with Crippen molar-refractivity contribution in [3.63, 3.8) is 0 Å². The molecule has 1 amide bonds. The first-order valence-electron chi connectivity index (χ1n) is 9.21. The molecule has 0 saturated carbocycles. The summed E-state index contributed by atoms with van der Waals surface area (Å²) in [5, 5.41) is 4.74. The fourth-order valence-electron chi connectivity index (χ4n) is 3.43. The summed E-state index contributed by atoms with van der Waals surface area (Å²) in [5.41, 5.74) is 4.28. The van der Waals surface area contributed by atoms with Gasteiger partial charge in [0, 0.05) is 28.5 Å². The van der Waals surface area contributed by atoms with Gasteiger partial charge in [-0.25, -0.2) is 0 Å². The molecule has 0 saturated heterocycles. The molecule has 5 heteroatoms. The average Bonchev–Trinajstić information content (AvgIpc) is 2.95. The molecule has 0 aliphatic carbocycles. The second-order valence-corrected chi connectivity index (χ2v) is 7.16. The highest BCUT2D eigenvalue weighted by Crippen LogP contribution is 2.32. The number of nitrogens with zero attached hydrogens (tertiary/aromatic N) is 1. The van der Waals surface area contributed by atoms with Gasteiger partial charge in [0.25, 0.3) is 5.91 Å². The van der Waals surface area contributed by atoms with E-state index in [-0.39, 0.29) is 5.91 Å². The summed E-state index contributed by atoms with van der Waals surface area (Å²) >= 11 is 6.18. The van der Waals surface area contributed by atoms with Crippen LogP contribution in [-0.2, 0) is 6.54 Å². The van der Waals surface area contributed by atoms with Gasteiger partial charge in [-0.05, 0) is 43.5 Å². The second-order valence-electron chi connectivity index (χ2n) is 6.75. The average molecular weight is 385 g/mol. The lowest BCUT2D eigenvalue weighted by atomic mass is 10.1. The molecule has 0 radical (unpaired) electrons. The van der Waals surface area contributed by atoms with Gasteiger partial charge in [-0.1, -0.05) is 43.1 Å². The van der Waals surface area contributed by atoms with E-state index in [1.165, 1.54) is 0 Å². The summed E-state index contributed by atoms with van der Waals surface area (Å²) in [6.07, 6.45) is 2.08. The maximum atomic E-state index is 13.2. The van der Waals surface area contributed by atoms with Gasteiger partial charge in [-0.3, -0.25) is 4.79 Å². The van der Waals surface area contributed by atoms with Crippen LogP contribution in [0.5, 0.6) is 5.75 Å². The predicted molar refractivity (Wildman–Crippen MR) is 112 cm³/mol. The van der Waals surface area contributed by atoms with Gasteiger partial charge in [-0.2, -0.15) is 0 Å². The quantitative estimate of drug-likeness (QED) is 0.568. The van der Waals surface area contributed by atoms with Crippen LogP contribution in [0.1, 0.15) is 41.4 Å². The second kappa shape index (κ2) is 8.05. The van der Waals surface area contributed by atoms with E-state index in [9.17, 15) is 4.79 Å². The summed E-state index contributed by atoms with van der Waals surface area (Å²) in [4.78, 5) is 13.2. The molecule has 142 valence electrons. The van der Waals surface area contributed by atoms with Crippen molar-refractivity contribution in [2.24, 2.45) is 0 Å². The first-order chi connectivity index (χ1) is 13.0. The van der Waals surface area contributed by atoms with E-state index in [0.717, 1.165) is 41.4 Å². The first-order valence-corrected chi connectivity index (χ1v) is 9.59. The monoisotopic (exact) mass is 384 g/mol. The molecule has 2 aromatic carbocycles. The molecule has 0 aliphatic heterocycles. The van der Waals surface area contributed by atoms with Crippen molar-refractivity contribution in [2.45, 2.75) is 40.2 Å². The summed E-state index contributed by atoms with van der Waals surface area (Å²) in [7, 11) is 1.57. The third-order valence-electron chi connectivity index (χ3n) is 4.90. The Morgan fingerprint density at radius 1 is 1.22 bits per heavy atom. The molecular formula is C22H25ClN2O2. The molecular weight excluding hydrogens is 360 g/mol. The molecule has 0 unspecified atom stereocenters. The third-order valence-corrected chi connectivity index (χ3v) is 5.31. The number of halogens is 1. The lowest BCUT2D eigenvalue weighted by Crippen LogP contribution is -2.19.